The van der Waals surface area contributed by atoms with Crippen LogP contribution in [0.2, 0.25) is 0 Å². The molecule has 20 heavy (non-hydrogen) atoms. The van der Waals surface area contributed by atoms with Gasteiger partial charge >= 0.3 is 0 Å². The quantitative estimate of drug-likeness (QED) is 0.698. The molecule has 8 heteroatoms. The van der Waals surface area contributed by atoms with Crippen LogP contribution >= 0.6 is 11.3 Å². The van der Waals surface area contributed by atoms with E-state index in [0.29, 0.717) is 11.4 Å². The van der Waals surface area contributed by atoms with Gasteiger partial charge in [-0.1, -0.05) is 6.92 Å². The molecule has 2 rings (SSSR count). The fraction of sp³-hybridized carbons (Fsp3) is 0.417. The first-order valence-corrected chi connectivity index (χ1v) is 6.94. The summed E-state index contributed by atoms with van der Waals surface area (Å²) >= 11 is 1.29. The Hall–Kier alpha value is -1.77. The first-order chi connectivity index (χ1) is 9.56. The second kappa shape index (κ2) is 5.70. The second-order valence-corrected chi connectivity index (χ2v) is 5.31. The Balaban J connectivity index is 2.36. The van der Waals surface area contributed by atoms with E-state index in [-0.39, 0.29) is 5.56 Å². The molecule has 0 unspecified atom stereocenters. The van der Waals surface area contributed by atoms with E-state index in [0.717, 1.165) is 0 Å². The lowest BCUT2D eigenvalue weighted by atomic mass is 9.98. The first-order valence-electron chi connectivity index (χ1n) is 6.06. The van der Waals surface area contributed by atoms with Crippen molar-refractivity contribution in [3.8, 4) is 0 Å². The third kappa shape index (κ3) is 2.45. The van der Waals surface area contributed by atoms with E-state index in [1.54, 1.807) is 12.3 Å². The Morgan fingerprint density at radius 1 is 1.50 bits per heavy atom. The van der Waals surface area contributed by atoms with Crippen LogP contribution in [0, 0.1) is 0 Å². The number of fused-ring (bicyclic) bond motifs is 1. The van der Waals surface area contributed by atoms with Gasteiger partial charge in [0.15, 0.2) is 4.96 Å². The SMILES string of the molecule is CCC(CO)(CO)NC(=O)c1cnc2sccn2c1=O. The Morgan fingerprint density at radius 3 is 2.80 bits per heavy atom. The topological polar surface area (TPSA) is 104 Å². The zero-order valence-corrected chi connectivity index (χ0v) is 11.7. The van der Waals surface area contributed by atoms with Crippen LogP contribution in [-0.2, 0) is 0 Å². The molecule has 0 fully saturated rings. The van der Waals surface area contributed by atoms with Crippen LogP contribution in [0.15, 0.2) is 22.6 Å². The Bertz CT molecular complexity index is 666. The van der Waals surface area contributed by atoms with E-state index < -0.39 is 30.2 Å². The van der Waals surface area contributed by atoms with Gasteiger partial charge < -0.3 is 15.5 Å². The molecule has 1 amide bonds. The van der Waals surface area contributed by atoms with Crippen molar-refractivity contribution >= 4 is 22.2 Å². The molecule has 0 atom stereocenters. The zero-order chi connectivity index (χ0) is 14.8. The molecule has 0 saturated carbocycles. The highest BCUT2D eigenvalue weighted by atomic mass is 32.1. The van der Waals surface area contributed by atoms with Gasteiger partial charge in [-0.15, -0.1) is 11.3 Å². The molecule has 0 spiro atoms. The normalized spacial score (nSPS) is 11.8. The summed E-state index contributed by atoms with van der Waals surface area (Å²) in [5.41, 5.74) is -1.74. The fourth-order valence-corrected chi connectivity index (χ4v) is 2.40. The second-order valence-electron chi connectivity index (χ2n) is 4.44. The highest BCUT2D eigenvalue weighted by Crippen LogP contribution is 2.10. The lowest BCUT2D eigenvalue weighted by Crippen LogP contribution is -2.54. The number of nitrogens with one attached hydrogen (secondary N) is 1. The standard InChI is InChI=1S/C12H15N3O4S/c1-2-12(6-16,7-17)14-9(18)8-5-13-11-15(10(8)19)3-4-20-11/h3-5,16-17H,2,6-7H2,1H3,(H,14,18). The lowest BCUT2D eigenvalue weighted by Gasteiger charge is -2.29. The highest BCUT2D eigenvalue weighted by molar-refractivity contribution is 7.15. The average molecular weight is 297 g/mol. The first kappa shape index (κ1) is 14.6. The van der Waals surface area contributed by atoms with Gasteiger partial charge in [-0.25, -0.2) is 4.98 Å². The fourth-order valence-electron chi connectivity index (χ4n) is 1.73. The van der Waals surface area contributed by atoms with Crippen LogP contribution in [0.25, 0.3) is 4.96 Å². The molecule has 0 aliphatic heterocycles. The Morgan fingerprint density at radius 2 is 2.20 bits per heavy atom. The molecule has 2 heterocycles. The number of amides is 1. The summed E-state index contributed by atoms with van der Waals surface area (Å²) in [4.78, 5) is 28.8. The molecule has 2 aromatic rings. The van der Waals surface area contributed by atoms with Crippen molar-refractivity contribution in [3.63, 3.8) is 0 Å². The molecular formula is C12H15N3O4S. The minimum atomic E-state index is -1.14. The molecule has 0 aliphatic rings. The molecule has 2 aromatic heterocycles. The summed E-state index contributed by atoms with van der Waals surface area (Å²) in [7, 11) is 0. The number of thiazole rings is 1. The maximum absolute atomic E-state index is 12.1. The molecule has 0 aliphatic carbocycles. The van der Waals surface area contributed by atoms with Crippen LogP contribution in [0.1, 0.15) is 23.7 Å². The number of nitrogens with zero attached hydrogens (tertiary/aromatic N) is 2. The van der Waals surface area contributed by atoms with Gasteiger partial charge in [0.05, 0.1) is 18.8 Å². The predicted molar refractivity (Wildman–Crippen MR) is 74.0 cm³/mol. The summed E-state index contributed by atoms with van der Waals surface area (Å²) in [6.07, 6.45) is 3.08. The molecule has 108 valence electrons. The third-order valence-corrected chi connectivity index (χ3v) is 4.02. The van der Waals surface area contributed by atoms with E-state index in [2.05, 4.69) is 10.3 Å². The van der Waals surface area contributed by atoms with Crippen molar-refractivity contribution < 1.29 is 15.0 Å². The Kier molecular flexibility index (Phi) is 4.17. The molecule has 0 radical (unpaired) electrons. The van der Waals surface area contributed by atoms with E-state index in [4.69, 9.17) is 0 Å². The lowest BCUT2D eigenvalue weighted by molar-refractivity contribution is 0.0651. The van der Waals surface area contributed by atoms with Crippen LogP contribution in [0.4, 0.5) is 0 Å². The van der Waals surface area contributed by atoms with Crippen LogP contribution in [0.5, 0.6) is 0 Å². The summed E-state index contributed by atoms with van der Waals surface area (Å²) in [6, 6.07) is 0. The van der Waals surface area contributed by atoms with Crippen molar-refractivity contribution in [2.45, 2.75) is 18.9 Å². The van der Waals surface area contributed by atoms with Crippen molar-refractivity contribution in [1.82, 2.24) is 14.7 Å². The molecule has 3 N–H and O–H groups in total. The molecule has 0 saturated heterocycles. The van der Waals surface area contributed by atoms with Crippen molar-refractivity contribution in [1.29, 1.82) is 0 Å². The van der Waals surface area contributed by atoms with Crippen LogP contribution in [0.3, 0.4) is 0 Å². The number of carbonyl (C=O) groups excluding carboxylic acids is 1. The monoisotopic (exact) mass is 297 g/mol. The van der Waals surface area contributed by atoms with Gasteiger partial charge in [0.1, 0.15) is 5.56 Å². The molecular weight excluding hydrogens is 282 g/mol. The van der Waals surface area contributed by atoms with Gasteiger partial charge in [0, 0.05) is 17.8 Å². The van der Waals surface area contributed by atoms with Crippen LogP contribution < -0.4 is 10.9 Å². The smallest absolute Gasteiger partial charge is 0.271 e. The number of carbonyl (C=O) groups is 1. The maximum atomic E-state index is 12.1. The number of hydrogen-bond acceptors (Lipinski definition) is 6. The number of aliphatic hydroxyl groups excluding tert-OH is 2. The van der Waals surface area contributed by atoms with Gasteiger partial charge in [-0.3, -0.25) is 14.0 Å². The molecule has 7 nitrogen and oxygen atoms in total. The van der Waals surface area contributed by atoms with Crippen molar-refractivity contribution in [2.75, 3.05) is 13.2 Å². The number of aromatic nitrogens is 2. The number of aliphatic hydroxyl groups is 2. The summed E-state index contributed by atoms with van der Waals surface area (Å²) in [6.45, 7) is 0.891. The summed E-state index contributed by atoms with van der Waals surface area (Å²) in [5.74, 6) is -0.659. The van der Waals surface area contributed by atoms with Gasteiger partial charge in [0.25, 0.3) is 11.5 Å². The Labute approximate surface area is 118 Å². The van der Waals surface area contributed by atoms with Crippen molar-refractivity contribution in [3.05, 3.63) is 33.7 Å². The molecule has 0 bridgehead atoms. The summed E-state index contributed by atoms with van der Waals surface area (Å²) in [5, 5.41) is 22.8. The van der Waals surface area contributed by atoms with E-state index in [1.807, 2.05) is 0 Å². The zero-order valence-electron chi connectivity index (χ0n) is 10.9. The van der Waals surface area contributed by atoms with E-state index in [1.165, 1.54) is 28.1 Å². The van der Waals surface area contributed by atoms with E-state index in [9.17, 15) is 19.8 Å². The highest BCUT2D eigenvalue weighted by Gasteiger charge is 2.30. The minimum Gasteiger partial charge on any atom is -0.394 e. The predicted octanol–water partition coefficient (Wildman–Crippen LogP) is -0.381. The van der Waals surface area contributed by atoms with E-state index >= 15 is 0 Å². The summed E-state index contributed by atoms with van der Waals surface area (Å²) < 4.78 is 1.28. The maximum Gasteiger partial charge on any atom is 0.271 e. The van der Waals surface area contributed by atoms with Crippen molar-refractivity contribution in [2.24, 2.45) is 0 Å². The largest absolute Gasteiger partial charge is 0.394 e. The van der Waals surface area contributed by atoms with Crippen LogP contribution in [-0.4, -0.2) is 44.3 Å². The number of rotatable bonds is 5. The minimum absolute atomic E-state index is 0.124. The number of hydrogen-bond donors (Lipinski definition) is 3. The average Bonchev–Trinajstić information content (AvgIpc) is 2.94. The van der Waals surface area contributed by atoms with Gasteiger partial charge in [-0.2, -0.15) is 0 Å². The third-order valence-electron chi connectivity index (χ3n) is 3.25. The molecule has 0 aromatic carbocycles. The van der Waals surface area contributed by atoms with Gasteiger partial charge in [0.2, 0.25) is 0 Å². The van der Waals surface area contributed by atoms with Gasteiger partial charge in [-0.05, 0) is 6.42 Å².